The molecule has 0 bridgehead atoms. The van der Waals surface area contributed by atoms with Crippen molar-refractivity contribution in [1.82, 2.24) is 0 Å². The van der Waals surface area contributed by atoms with Crippen LogP contribution in [0.5, 0.6) is 0 Å². The van der Waals surface area contributed by atoms with Crippen molar-refractivity contribution in [1.29, 1.82) is 0 Å². The van der Waals surface area contributed by atoms with Crippen LogP contribution in [0.25, 0.3) is 24.8 Å². The second-order valence-electron chi connectivity index (χ2n) is 7.27. The molecule has 0 unspecified atom stereocenters. The maximum atomic E-state index is 4.74. The van der Waals surface area contributed by atoms with Gasteiger partial charge in [0.2, 0.25) is 0 Å². The molecule has 160 valence electrons. The molecule has 0 N–H and O–H groups in total. The van der Waals surface area contributed by atoms with E-state index in [0.717, 1.165) is 42.3 Å². The SMILES string of the molecule is C1=c2ccccc2=NC=c2ccccc2=NC=c2ccccc2=NC=c2ccccc2=N1.[Pd+2]. The topological polar surface area (TPSA) is 49.4 Å². The maximum Gasteiger partial charge on any atom is 2.00 e. The minimum Gasteiger partial charge on any atom is -0.256 e. The summed E-state index contributed by atoms with van der Waals surface area (Å²) in [4.78, 5) is 19.0. The first-order valence-corrected chi connectivity index (χ1v) is 10.4. The normalized spacial score (nSPS) is 12.1. The zero-order valence-corrected chi connectivity index (χ0v) is 19.2. The standard InChI is InChI=1S/C28H20N4.Pd/c1-5-13-25-21(9-1)17-29-26-14-6-2-11-23(26)19-31-28-16-8-4-12-24(28)20-32-27-15-7-3-10-22(27)18-30-25;/h1-20H;/q;+2. The third-order valence-electron chi connectivity index (χ3n) is 5.12. The van der Waals surface area contributed by atoms with Crippen LogP contribution in [0.4, 0.5) is 0 Å². The molecule has 5 rings (SSSR count). The van der Waals surface area contributed by atoms with E-state index in [2.05, 4.69) is 0 Å². The quantitative estimate of drug-likeness (QED) is 0.299. The molecule has 0 saturated carbocycles. The molecule has 0 amide bonds. The van der Waals surface area contributed by atoms with Crippen LogP contribution < -0.4 is 42.3 Å². The molecule has 4 aromatic rings. The number of nitrogens with zero attached hydrogens (tertiary/aromatic N) is 4. The van der Waals surface area contributed by atoms with Gasteiger partial charge in [0.05, 0.1) is 21.4 Å². The van der Waals surface area contributed by atoms with Crippen molar-refractivity contribution >= 4 is 24.8 Å². The number of fused-ring (bicyclic) bond motifs is 4. The van der Waals surface area contributed by atoms with Gasteiger partial charge in [0.15, 0.2) is 0 Å². The number of hydrogen-bond acceptors (Lipinski definition) is 4. The van der Waals surface area contributed by atoms with Gasteiger partial charge in [-0.15, -0.1) is 0 Å². The van der Waals surface area contributed by atoms with E-state index in [9.17, 15) is 0 Å². The van der Waals surface area contributed by atoms with E-state index < -0.39 is 0 Å². The Morgan fingerprint density at radius 1 is 0.303 bits per heavy atom. The van der Waals surface area contributed by atoms with Crippen LogP contribution in [0.15, 0.2) is 117 Å². The molecule has 33 heavy (non-hydrogen) atoms. The van der Waals surface area contributed by atoms with Gasteiger partial charge in [0.25, 0.3) is 0 Å². The Labute approximate surface area is 204 Å². The molecule has 0 spiro atoms. The molecule has 1 heterocycles. The first-order valence-electron chi connectivity index (χ1n) is 10.4. The van der Waals surface area contributed by atoms with Gasteiger partial charge in [-0.05, 0) is 24.3 Å². The maximum absolute atomic E-state index is 4.74. The Balaban J connectivity index is 0.00000259. The van der Waals surface area contributed by atoms with Crippen LogP contribution in [-0.4, -0.2) is 0 Å². The molecule has 0 saturated heterocycles. The van der Waals surface area contributed by atoms with Crippen molar-refractivity contribution in [2.45, 2.75) is 0 Å². The average Bonchev–Trinajstić information content (AvgIpc) is 2.85. The molecular weight excluding hydrogens is 499 g/mol. The largest absolute Gasteiger partial charge is 2.00 e. The van der Waals surface area contributed by atoms with Crippen LogP contribution in [0.1, 0.15) is 0 Å². The van der Waals surface area contributed by atoms with Gasteiger partial charge in [-0.25, -0.2) is 0 Å². The molecule has 0 fully saturated rings. The number of para-hydroxylation sites is 4. The van der Waals surface area contributed by atoms with E-state index >= 15 is 0 Å². The van der Waals surface area contributed by atoms with Crippen molar-refractivity contribution in [3.05, 3.63) is 139 Å². The smallest absolute Gasteiger partial charge is 0.256 e. The van der Waals surface area contributed by atoms with E-state index in [1.54, 1.807) is 0 Å². The molecule has 0 aliphatic carbocycles. The number of benzene rings is 4. The third kappa shape index (κ3) is 5.35. The summed E-state index contributed by atoms with van der Waals surface area (Å²) in [7, 11) is 0. The monoisotopic (exact) mass is 518 g/mol. The van der Waals surface area contributed by atoms with Gasteiger partial charge in [-0.1, -0.05) is 72.8 Å². The Morgan fingerprint density at radius 3 is 0.758 bits per heavy atom. The fourth-order valence-electron chi connectivity index (χ4n) is 3.41. The molecule has 0 atom stereocenters. The summed E-state index contributed by atoms with van der Waals surface area (Å²) in [5.41, 5.74) is 0. The first kappa shape index (κ1) is 22.4. The molecule has 1 aliphatic heterocycles. The van der Waals surface area contributed by atoms with Gasteiger partial charge >= 0.3 is 20.4 Å². The molecule has 1 aliphatic rings. The molecule has 5 heteroatoms. The van der Waals surface area contributed by atoms with Crippen LogP contribution in [0.3, 0.4) is 0 Å². The van der Waals surface area contributed by atoms with E-state index in [1.165, 1.54) is 0 Å². The summed E-state index contributed by atoms with van der Waals surface area (Å²) in [6.45, 7) is 0. The molecule has 0 aromatic heterocycles. The van der Waals surface area contributed by atoms with Crippen molar-refractivity contribution in [2.24, 2.45) is 20.0 Å². The minimum absolute atomic E-state index is 0. The predicted molar refractivity (Wildman–Crippen MR) is 127 cm³/mol. The summed E-state index contributed by atoms with van der Waals surface area (Å²) in [5.74, 6) is 0. The van der Waals surface area contributed by atoms with Gasteiger partial charge in [-0.2, -0.15) is 0 Å². The number of rotatable bonds is 0. The minimum atomic E-state index is 0. The number of hydrogen-bond donors (Lipinski definition) is 0. The van der Waals surface area contributed by atoms with Crippen molar-refractivity contribution in [3.63, 3.8) is 0 Å². The Kier molecular flexibility index (Phi) is 7.26. The summed E-state index contributed by atoms with van der Waals surface area (Å²) in [6, 6.07) is 31.8. The first-order chi connectivity index (χ1) is 15.9. The van der Waals surface area contributed by atoms with Crippen LogP contribution >= 0.6 is 0 Å². The molecule has 0 radical (unpaired) electrons. The van der Waals surface area contributed by atoms with Gasteiger partial charge in [0, 0.05) is 45.7 Å². The van der Waals surface area contributed by atoms with Crippen molar-refractivity contribution in [2.75, 3.05) is 0 Å². The summed E-state index contributed by atoms with van der Waals surface area (Å²) >= 11 is 0. The third-order valence-corrected chi connectivity index (χ3v) is 5.12. The van der Waals surface area contributed by atoms with Crippen LogP contribution in [0.2, 0.25) is 0 Å². The second-order valence-corrected chi connectivity index (χ2v) is 7.27. The van der Waals surface area contributed by atoms with E-state index in [1.807, 2.05) is 122 Å². The fourth-order valence-corrected chi connectivity index (χ4v) is 3.41. The van der Waals surface area contributed by atoms with Gasteiger partial charge < -0.3 is 0 Å². The second kappa shape index (κ2) is 10.7. The van der Waals surface area contributed by atoms with E-state index in [4.69, 9.17) is 20.0 Å². The molecular formula is C28H20N4Pd+2. The zero-order chi connectivity index (χ0) is 21.6. The average molecular weight is 519 g/mol. The predicted octanol–water partition coefficient (Wildman–Crippen LogP) is 0.229. The summed E-state index contributed by atoms with van der Waals surface area (Å²) in [6.07, 6.45) is 7.40. The molecule has 4 nitrogen and oxygen atoms in total. The van der Waals surface area contributed by atoms with Gasteiger partial charge in [-0.3, -0.25) is 20.0 Å². The summed E-state index contributed by atoms with van der Waals surface area (Å²) in [5, 5.41) is 7.14. The van der Waals surface area contributed by atoms with Gasteiger partial charge in [0.1, 0.15) is 0 Å². The Hall–Kier alpha value is -3.78. The Morgan fingerprint density at radius 2 is 0.515 bits per heavy atom. The Bertz CT molecular complexity index is 1390. The van der Waals surface area contributed by atoms with Crippen LogP contribution in [-0.2, 0) is 20.4 Å². The van der Waals surface area contributed by atoms with Crippen LogP contribution in [0, 0.1) is 0 Å². The van der Waals surface area contributed by atoms with E-state index in [-0.39, 0.29) is 20.4 Å². The fraction of sp³-hybridized carbons (Fsp3) is 0. The van der Waals surface area contributed by atoms with E-state index in [0.29, 0.717) is 0 Å². The zero-order valence-electron chi connectivity index (χ0n) is 17.7. The molecule has 4 aromatic carbocycles. The summed E-state index contributed by atoms with van der Waals surface area (Å²) < 4.78 is 0. The van der Waals surface area contributed by atoms with Crippen molar-refractivity contribution < 1.29 is 20.4 Å². The van der Waals surface area contributed by atoms with Crippen molar-refractivity contribution in [3.8, 4) is 0 Å².